The fourth-order valence-electron chi connectivity index (χ4n) is 1.00. The van der Waals surface area contributed by atoms with Gasteiger partial charge in [0.05, 0.1) is 6.26 Å². The Morgan fingerprint density at radius 2 is 2.31 bits per heavy atom. The van der Waals surface area contributed by atoms with Crippen molar-refractivity contribution in [3.63, 3.8) is 0 Å². The van der Waals surface area contributed by atoms with Gasteiger partial charge < -0.3 is 14.2 Å². The molecule has 13 heavy (non-hydrogen) atoms. The number of hydrogen-bond acceptors (Lipinski definition) is 3. The molecule has 2 aliphatic rings. The Labute approximate surface area is 76.6 Å². The van der Waals surface area contributed by atoms with Crippen molar-refractivity contribution in [2.45, 2.75) is 6.29 Å². The van der Waals surface area contributed by atoms with Crippen LogP contribution >= 0.6 is 0 Å². The summed E-state index contributed by atoms with van der Waals surface area (Å²) in [7, 11) is 0. The molecule has 68 valence electrons. The highest BCUT2D eigenvalue weighted by atomic mass is 16.8. The zero-order valence-corrected chi connectivity index (χ0v) is 7.05. The van der Waals surface area contributed by atoms with Crippen molar-refractivity contribution in [2.24, 2.45) is 0 Å². The average molecular weight is 178 g/mol. The lowest BCUT2D eigenvalue weighted by Crippen LogP contribution is -2.15. The van der Waals surface area contributed by atoms with E-state index in [1.807, 2.05) is 24.3 Å². The minimum absolute atomic E-state index is 0.372. The second-order valence-electron chi connectivity index (χ2n) is 2.56. The first kappa shape index (κ1) is 7.98. The number of hydrogen-bond donors (Lipinski definition) is 0. The largest absolute Gasteiger partial charge is 0.461 e. The van der Waals surface area contributed by atoms with Crippen LogP contribution in [0.5, 0.6) is 0 Å². The third-order valence-electron chi connectivity index (χ3n) is 1.59. The Morgan fingerprint density at radius 1 is 1.31 bits per heavy atom. The first-order valence-corrected chi connectivity index (χ1v) is 4.10. The number of allylic oxidation sites excluding steroid dienone is 4. The number of ether oxygens (including phenoxy) is 3. The molecule has 2 aliphatic heterocycles. The van der Waals surface area contributed by atoms with Gasteiger partial charge in [-0.1, -0.05) is 12.2 Å². The van der Waals surface area contributed by atoms with Gasteiger partial charge in [-0.05, 0) is 18.2 Å². The van der Waals surface area contributed by atoms with E-state index in [0.29, 0.717) is 12.6 Å². The molecule has 0 spiro atoms. The monoisotopic (exact) mass is 178 g/mol. The molecule has 1 atom stereocenters. The van der Waals surface area contributed by atoms with E-state index < -0.39 is 0 Å². The molecule has 0 N–H and O–H groups in total. The van der Waals surface area contributed by atoms with Gasteiger partial charge in [-0.3, -0.25) is 0 Å². The van der Waals surface area contributed by atoms with E-state index in [1.54, 1.807) is 18.4 Å². The lowest BCUT2D eigenvalue weighted by Gasteiger charge is -2.19. The summed E-state index contributed by atoms with van der Waals surface area (Å²) in [5, 5.41) is 0. The summed E-state index contributed by atoms with van der Waals surface area (Å²) in [6.07, 6.45) is 12.3. The highest BCUT2D eigenvalue weighted by Crippen LogP contribution is 2.12. The Balaban J connectivity index is 1.90. The van der Waals surface area contributed by atoms with E-state index in [1.165, 1.54) is 0 Å². The lowest BCUT2D eigenvalue weighted by molar-refractivity contribution is -0.0904. The van der Waals surface area contributed by atoms with Gasteiger partial charge in [0, 0.05) is 6.08 Å². The highest BCUT2D eigenvalue weighted by Gasteiger charge is 2.10. The smallest absolute Gasteiger partial charge is 0.282 e. The SMILES string of the molecule is C1=CCOC(OC2C=CC=CO2)=C1. The van der Waals surface area contributed by atoms with Crippen LogP contribution in [0.25, 0.3) is 0 Å². The van der Waals surface area contributed by atoms with E-state index in [4.69, 9.17) is 14.2 Å². The molecule has 0 aromatic rings. The van der Waals surface area contributed by atoms with Crippen molar-refractivity contribution in [3.8, 4) is 0 Å². The van der Waals surface area contributed by atoms with Crippen molar-refractivity contribution >= 4 is 0 Å². The van der Waals surface area contributed by atoms with Crippen LogP contribution in [0.15, 0.2) is 48.7 Å². The Hall–Kier alpha value is -1.64. The third-order valence-corrected chi connectivity index (χ3v) is 1.59. The van der Waals surface area contributed by atoms with Crippen LogP contribution < -0.4 is 0 Å². The molecule has 0 saturated carbocycles. The van der Waals surface area contributed by atoms with Gasteiger partial charge in [0.15, 0.2) is 0 Å². The maximum Gasteiger partial charge on any atom is 0.282 e. The van der Waals surface area contributed by atoms with Gasteiger partial charge in [-0.15, -0.1) is 0 Å². The minimum Gasteiger partial charge on any atom is -0.461 e. The first-order valence-electron chi connectivity index (χ1n) is 4.10. The van der Waals surface area contributed by atoms with Crippen LogP contribution in [0.3, 0.4) is 0 Å². The van der Waals surface area contributed by atoms with Gasteiger partial charge in [0.2, 0.25) is 0 Å². The summed E-state index contributed by atoms with van der Waals surface area (Å²) in [5.74, 6) is 0.493. The van der Waals surface area contributed by atoms with Gasteiger partial charge in [0.25, 0.3) is 12.2 Å². The van der Waals surface area contributed by atoms with E-state index >= 15 is 0 Å². The molecule has 0 saturated heterocycles. The maximum absolute atomic E-state index is 5.36. The van der Waals surface area contributed by atoms with Crippen molar-refractivity contribution < 1.29 is 14.2 Å². The summed E-state index contributed by atoms with van der Waals surface area (Å²) < 4.78 is 15.7. The van der Waals surface area contributed by atoms with E-state index in [2.05, 4.69) is 0 Å². The molecule has 0 fully saturated rings. The molecule has 0 bridgehead atoms. The molecule has 3 heteroatoms. The molecule has 0 amide bonds. The summed E-state index contributed by atoms with van der Waals surface area (Å²) in [4.78, 5) is 0. The highest BCUT2D eigenvalue weighted by molar-refractivity contribution is 5.10. The second kappa shape index (κ2) is 3.85. The van der Waals surface area contributed by atoms with Crippen LogP contribution in [-0.4, -0.2) is 12.9 Å². The van der Waals surface area contributed by atoms with Crippen LogP contribution in [0.4, 0.5) is 0 Å². The van der Waals surface area contributed by atoms with Crippen LogP contribution in [-0.2, 0) is 14.2 Å². The van der Waals surface area contributed by atoms with Crippen LogP contribution in [0.1, 0.15) is 0 Å². The molecule has 0 aromatic carbocycles. The predicted octanol–water partition coefficient (Wildman–Crippen LogP) is 1.86. The van der Waals surface area contributed by atoms with Crippen molar-refractivity contribution in [3.05, 3.63) is 48.7 Å². The topological polar surface area (TPSA) is 27.7 Å². The van der Waals surface area contributed by atoms with Crippen LogP contribution in [0, 0.1) is 0 Å². The predicted molar refractivity (Wildman–Crippen MR) is 47.4 cm³/mol. The first-order chi connectivity index (χ1) is 6.45. The van der Waals surface area contributed by atoms with E-state index in [-0.39, 0.29) is 6.29 Å². The van der Waals surface area contributed by atoms with E-state index in [9.17, 15) is 0 Å². The molecule has 0 aliphatic carbocycles. The second-order valence-corrected chi connectivity index (χ2v) is 2.56. The lowest BCUT2D eigenvalue weighted by atomic mass is 10.4. The summed E-state index contributed by atoms with van der Waals surface area (Å²) >= 11 is 0. The molecular weight excluding hydrogens is 168 g/mol. The summed E-state index contributed by atoms with van der Waals surface area (Å²) in [5.41, 5.74) is 0. The summed E-state index contributed by atoms with van der Waals surface area (Å²) in [6, 6.07) is 0. The fourth-order valence-corrected chi connectivity index (χ4v) is 1.00. The van der Waals surface area contributed by atoms with Gasteiger partial charge in [0.1, 0.15) is 6.61 Å². The quantitative estimate of drug-likeness (QED) is 0.646. The summed E-state index contributed by atoms with van der Waals surface area (Å²) in [6.45, 7) is 0.554. The third kappa shape index (κ3) is 2.15. The molecule has 2 rings (SSSR count). The van der Waals surface area contributed by atoms with Gasteiger partial charge in [-0.25, -0.2) is 0 Å². The molecule has 2 heterocycles. The molecular formula is C10H10O3. The average Bonchev–Trinajstić information content (AvgIpc) is 2.21. The van der Waals surface area contributed by atoms with Crippen molar-refractivity contribution in [1.82, 2.24) is 0 Å². The Morgan fingerprint density at radius 3 is 3.00 bits per heavy atom. The van der Waals surface area contributed by atoms with Gasteiger partial charge in [-0.2, -0.15) is 0 Å². The van der Waals surface area contributed by atoms with Crippen molar-refractivity contribution in [2.75, 3.05) is 6.61 Å². The molecule has 0 radical (unpaired) electrons. The molecule has 3 nitrogen and oxygen atoms in total. The Kier molecular flexibility index (Phi) is 2.36. The maximum atomic E-state index is 5.36. The number of rotatable bonds is 2. The Bertz CT molecular complexity index is 287. The van der Waals surface area contributed by atoms with Crippen molar-refractivity contribution in [1.29, 1.82) is 0 Å². The molecule has 1 unspecified atom stereocenters. The standard InChI is InChI=1S/C10H10O3/c1-3-7-11-9(5-1)13-10-6-2-4-8-12-10/h1-7,9H,8H2. The normalized spacial score (nSPS) is 24.6. The van der Waals surface area contributed by atoms with Crippen LogP contribution in [0.2, 0.25) is 0 Å². The molecule has 0 aromatic heterocycles. The van der Waals surface area contributed by atoms with E-state index in [0.717, 1.165) is 0 Å². The van der Waals surface area contributed by atoms with Gasteiger partial charge >= 0.3 is 0 Å². The zero-order chi connectivity index (χ0) is 8.93. The fraction of sp³-hybridized carbons (Fsp3) is 0.200. The zero-order valence-electron chi connectivity index (χ0n) is 7.05. The minimum atomic E-state index is -0.372.